The molecule has 3 atom stereocenters. The maximum atomic E-state index is 13.2. The SMILES string of the molecule is O=C(Nc1c(Cl)ccnc1C1CC1)N1CCN2C(=O)N([C@H]3C[C@@H]3c3ccccc3)C(=O)C2C1. The van der Waals surface area contributed by atoms with Gasteiger partial charge in [0.25, 0.3) is 5.91 Å². The zero-order valence-corrected chi connectivity index (χ0v) is 18.7. The summed E-state index contributed by atoms with van der Waals surface area (Å²) in [5, 5.41) is 3.37. The van der Waals surface area contributed by atoms with Gasteiger partial charge in [-0.2, -0.15) is 0 Å². The van der Waals surface area contributed by atoms with Gasteiger partial charge < -0.3 is 15.1 Å². The van der Waals surface area contributed by atoms with Crippen LogP contribution in [0, 0.1) is 0 Å². The summed E-state index contributed by atoms with van der Waals surface area (Å²) in [5.74, 6) is 0.307. The number of aromatic nitrogens is 1. The lowest BCUT2D eigenvalue weighted by molar-refractivity contribution is -0.129. The molecule has 2 aromatic rings. The van der Waals surface area contributed by atoms with Crippen molar-refractivity contribution in [3.8, 4) is 0 Å². The Balaban J connectivity index is 1.15. The predicted molar refractivity (Wildman–Crippen MR) is 122 cm³/mol. The minimum atomic E-state index is -0.638. The second-order valence-electron chi connectivity index (χ2n) is 9.22. The molecule has 1 aromatic heterocycles. The van der Waals surface area contributed by atoms with Crippen molar-refractivity contribution in [2.24, 2.45) is 0 Å². The molecule has 8 nitrogen and oxygen atoms in total. The van der Waals surface area contributed by atoms with Crippen molar-refractivity contribution in [3.05, 3.63) is 58.9 Å². The van der Waals surface area contributed by atoms with Gasteiger partial charge in [0.2, 0.25) is 0 Å². The van der Waals surface area contributed by atoms with E-state index in [-0.39, 0.29) is 36.5 Å². The van der Waals surface area contributed by atoms with Gasteiger partial charge in [-0.15, -0.1) is 0 Å². The molecule has 170 valence electrons. The number of piperazine rings is 1. The Bertz CT molecular complexity index is 1140. The number of urea groups is 2. The predicted octanol–water partition coefficient (Wildman–Crippen LogP) is 3.65. The Kier molecular flexibility index (Phi) is 4.79. The summed E-state index contributed by atoms with van der Waals surface area (Å²) in [6, 6.07) is 10.3. The third-order valence-corrected chi connectivity index (χ3v) is 7.40. The summed E-state index contributed by atoms with van der Waals surface area (Å²) in [6.45, 7) is 0.864. The van der Waals surface area contributed by atoms with E-state index >= 15 is 0 Å². The van der Waals surface area contributed by atoms with Crippen LogP contribution < -0.4 is 5.32 Å². The first kappa shape index (κ1) is 20.5. The van der Waals surface area contributed by atoms with E-state index in [2.05, 4.69) is 10.3 Å². The molecule has 2 aliphatic carbocycles. The van der Waals surface area contributed by atoms with E-state index in [0.29, 0.717) is 29.7 Å². The number of halogens is 1. The topological polar surface area (TPSA) is 85.8 Å². The van der Waals surface area contributed by atoms with Crippen molar-refractivity contribution in [1.29, 1.82) is 0 Å². The van der Waals surface area contributed by atoms with Crippen LogP contribution in [0.1, 0.15) is 42.4 Å². The van der Waals surface area contributed by atoms with Crippen LogP contribution in [0.2, 0.25) is 5.02 Å². The van der Waals surface area contributed by atoms with Crippen LogP contribution in [0.5, 0.6) is 0 Å². The number of benzene rings is 1. The van der Waals surface area contributed by atoms with Crippen LogP contribution in [-0.2, 0) is 4.79 Å². The van der Waals surface area contributed by atoms with Crippen molar-refractivity contribution in [1.82, 2.24) is 19.7 Å². The molecule has 6 rings (SSSR count). The first-order valence-corrected chi connectivity index (χ1v) is 11.8. The van der Waals surface area contributed by atoms with E-state index in [9.17, 15) is 14.4 Å². The molecule has 2 saturated heterocycles. The molecule has 0 spiro atoms. The molecule has 0 radical (unpaired) electrons. The Morgan fingerprint density at radius 2 is 1.88 bits per heavy atom. The number of hydrogen-bond acceptors (Lipinski definition) is 4. The summed E-state index contributed by atoms with van der Waals surface area (Å²) >= 11 is 6.35. The Morgan fingerprint density at radius 3 is 2.64 bits per heavy atom. The lowest BCUT2D eigenvalue weighted by atomic mass is 10.1. The Hall–Kier alpha value is -3.13. The number of carbonyl (C=O) groups is 3. The van der Waals surface area contributed by atoms with E-state index < -0.39 is 6.04 Å². The minimum absolute atomic E-state index is 0.101. The van der Waals surface area contributed by atoms with Gasteiger partial charge in [0.05, 0.1) is 22.9 Å². The summed E-state index contributed by atoms with van der Waals surface area (Å²) in [6.07, 6.45) is 4.52. The highest BCUT2D eigenvalue weighted by molar-refractivity contribution is 6.33. The van der Waals surface area contributed by atoms with Crippen molar-refractivity contribution in [2.45, 2.75) is 43.2 Å². The van der Waals surface area contributed by atoms with Gasteiger partial charge in [-0.25, -0.2) is 9.59 Å². The molecule has 3 heterocycles. The first-order valence-electron chi connectivity index (χ1n) is 11.4. The zero-order chi connectivity index (χ0) is 22.7. The second kappa shape index (κ2) is 7.73. The van der Waals surface area contributed by atoms with Crippen LogP contribution in [0.15, 0.2) is 42.6 Å². The summed E-state index contributed by atoms with van der Waals surface area (Å²) in [5.41, 5.74) is 2.51. The number of rotatable bonds is 4. The van der Waals surface area contributed by atoms with Crippen molar-refractivity contribution >= 4 is 35.3 Å². The number of hydrogen-bond donors (Lipinski definition) is 1. The number of nitrogens with one attached hydrogen (secondary N) is 1. The number of amides is 5. The van der Waals surface area contributed by atoms with E-state index in [1.54, 1.807) is 22.1 Å². The van der Waals surface area contributed by atoms with Gasteiger partial charge in [-0.1, -0.05) is 41.9 Å². The molecule has 9 heteroatoms. The fourth-order valence-electron chi connectivity index (χ4n) is 5.06. The maximum absolute atomic E-state index is 13.2. The highest BCUT2D eigenvalue weighted by Crippen LogP contribution is 2.47. The summed E-state index contributed by atoms with van der Waals surface area (Å²) in [7, 11) is 0. The fourth-order valence-corrected chi connectivity index (χ4v) is 5.26. The number of anilines is 1. The third kappa shape index (κ3) is 3.53. The summed E-state index contributed by atoms with van der Waals surface area (Å²) in [4.78, 5) is 48.3. The fraction of sp³-hybridized carbons (Fsp3) is 0.417. The van der Waals surface area contributed by atoms with E-state index in [1.807, 2.05) is 30.3 Å². The molecule has 4 aliphatic rings. The maximum Gasteiger partial charge on any atom is 0.327 e. The van der Waals surface area contributed by atoms with Crippen LogP contribution in [0.3, 0.4) is 0 Å². The molecule has 1 aromatic carbocycles. The molecule has 2 aliphatic heterocycles. The van der Waals surface area contributed by atoms with Crippen LogP contribution >= 0.6 is 11.6 Å². The molecule has 0 bridgehead atoms. The van der Waals surface area contributed by atoms with Crippen molar-refractivity contribution in [2.75, 3.05) is 25.0 Å². The largest absolute Gasteiger partial charge is 0.327 e. The third-order valence-electron chi connectivity index (χ3n) is 7.08. The normalized spacial score (nSPS) is 26.5. The average Bonchev–Trinajstić information content (AvgIpc) is 3.75. The van der Waals surface area contributed by atoms with E-state index in [1.165, 1.54) is 4.90 Å². The van der Waals surface area contributed by atoms with Gasteiger partial charge in [0.15, 0.2) is 0 Å². The lowest BCUT2D eigenvalue weighted by Gasteiger charge is -2.35. The lowest BCUT2D eigenvalue weighted by Crippen LogP contribution is -2.55. The quantitative estimate of drug-likeness (QED) is 0.698. The Labute approximate surface area is 196 Å². The van der Waals surface area contributed by atoms with Gasteiger partial charge in [-0.3, -0.25) is 14.7 Å². The first-order chi connectivity index (χ1) is 16.0. The van der Waals surface area contributed by atoms with Gasteiger partial charge in [0.1, 0.15) is 6.04 Å². The van der Waals surface area contributed by atoms with E-state index in [0.717, 1.165) is 30.5 Å². The van der Waals surface area contributed by atoms with Gasteiger partial charge in [-0.05, 0) is 30.9 Å². The molecule has 2 saturated carbocycles. The molecular weight excluding hydrogens is 442 g/mol. The highest BCUT2D eigenvalue weighted by Gasteiger charge is 2.56. The van der Waals surface area contributed by atoms with Gasteiger partial charge in [0, 0.05) is 37.2 Å². The van der Waals surface area contributed by atoms with Crippen molar-refractivity contribution in [3.63, 3.8) is 0 Å². The molecule has 1 unspecified atom stereocenters. The molecule has 4 fully saturated rings. The van der Waals surface area contributed by atoms with Crippen LogP contribution in [-0.4, -0.2) is 69.4 Å². The van der Waals surface area contributed by atoms with Crippen LogP contribution in [0.25, 0.3) is 0 Å². The molecule has 33 heavy (non-hydrogen) atoms. The smallest absolute Gasteiger partial charge is 0.320 e. The minimum Gasteiger partial charge on any atom is -0.320 e. The van der Waals surface area contributed by atoms with Crippen LogP contribution in [0.4, 0.5) is 15.3 Å². The number of imide groups is 1. The Morgan fingerprint density at radius 1 is 1.09 bits per heavy atom. The molecule has 5 amide bonds. The standard InChI is InChI=1S/C24H24ClN5O3/c25-17-8-9-26-20(15-6-7-15)21(17)27-23(32)28-10-11-29-19(13-28)22(31)30(24(29)33)18-12-16(18)14-4-2-1-3-5-14/h1-5,8-9,15-16,18-19H,6-7,10-13H2,(H,27,32)/t16-,18+,19?/m1/s1. The van der Waals surface area contributed by atoms with E-state index in [4.69, 9.17) is 11.6 Å². The van der Waals surface area contributed by atoms with Gasteiger partial charge >= 0.3 is 12.1 Å². The molecular formula is C24H24ClN5O3. The number of pyridine rings is 1. The molecule has 1 N–H and O–H groups in total. The number of fused-ring (bicyclic) bond motifs is 1. The second-order valence-corrected chi connectivity index (χ2v) is 9.63. The number of carbonyl (C=O) groups excluding carboxylic acids is 3. The monoisotopic (exact) mass is 465 g/mol. The zero-order valence-electron chi connectivity index (χ0n) is 18.0. The van der Waals surface area contributed by atoms with Crippen molar-refractivity contribution < 1.29 is 14.4 Å². The average molecular weight is 466 g/mol. The summed E-state index contributed by atoms with van der Waals surface area (Å²) < 4.78 is 0. The number of nitrogens with zero attached hydrogens (tertiary/aromatic N) is 4. The highest BCUT2D eigenvalue weighted by atomic mass is 35.5.